The smallest absolute Gasteiger partial charge is 0.0947 e. The molecule has 0 N–H and O–H groups in total. The van der Waals surface area contributed by atoms with Crippen LogP contribution in [-0.4, -0.2) is 23.4 Å². The second kappa shape index (κ2) is 1.16. The highest BCUT2D eigenvalue weighted by atomic mass is 16.6. The van der Waals surface area contributed by atoms with Gasteiger partial charge < -0.3 is 9.47 Å². The Morgan fingerprint density at radius 2 is 1.40 bits per heavy atom. The molecule has 4 atom stereocenters. The Morgan fingerprint density at radius 1 is 1.00 bits per heavy atom. The maximum absolute atomic E-state index is 5.55. The lowest BCUT2D eigenvalue weighted by atomic mass is 9.84. The van der Waals surface area contributed by atoms with Crippen molar-refractivity contribution in [1.82, 2.24) is 0 Å². The molecular formula is C8H12O2. The zero-order valence-corrected chi connectivity index (χ0v) is 6.39. The zero-order chi connectivity index (χ0) is 6.98. The monoisotopic (exact) mass is 140 g/mol. The predicted octanol–water partition coefficient (Wildman–Crippen LogP) is 1.10. The van der Waals surface area contributed by atoms with Crippen LogP contribution in [0.3, 0.4) is 0 Å². The Kier molecular flexibility index (Phi) is 0.647. The number of rotatable bonds is 0. The van der Waals surface area contributed by atoms with E-state index in [2.05, 4.69) is 13.8 Å². The van der Waals surface area contributed by atoms with Gasteiger partial charge in [-0.1, -0.05) is 0 Å². The van der Waals surface area contributed by atoms with Crippen molar-refractivity contribution in [2.24, 2.45) is 0 Å². The minimum atomic E-state index is 0.209. The summed E-state index contributed by atoms with van der Waals surface area (Å²) in [5.41, 5.74) is 0.418. The van der Waals surface area contributed by atoms with E-state index >= 15 is 0 Å². The van der Waals surface area contributed by atoms with Gasteiger partial charge in [-0.05, 0) is 13.8 Å². The summed E-state index contributed by atoms with van der Waals surface area (Å²) in [7, 11) is 0. The lowest BCUT2D eigenvalue weighted by Gasteiger charge is -2.12. The summed E-state index contributed by atoms with van der Waals surface area (Å²) in [5, 5.41) is 0. The predicted molar refractivity (Wildman–Crippen MR) is 35.8 cm³/mol. The molecule has 3 fully saturated rings. The molecule has 1 aliphatic carbocycles. The van der Waals surface area contributed by atoms with Crippen molar-refractivity contribution in [3.63, 3.8) is 0 Å². The van der Waals surface area contributed by atoms with E-state index < -0.39 is 0 Å². The molecule has 2 aliphatic heterocycles. The number of fused-ring (bicyclic) bond motifs is 2. The summed E-state index contributed by atoms with van der Waals surface area (Å²) in [4.78, 5) is 0. The van der Waals surface area contributed by atoms with Crippen LogP contribution in [0.15, 0.2) is 0 Å². The topological polar surface area (TPSA) is 25.1 Å². The van der Waals surface area contributed by atoms with Gasteiger partial charge in [-0.3, -0.25) is 0 Å². The second-order valence-electron chi connectivity index (χ2n) is 4.25. The summed E-state index contributed by atoms with van der Waals surface area (Å²) in [5.74, 6) is 0. The Labute approximate surface area is 60.5 Å². The van der Waals surface area contributed by atoms with Gasteiger partial charge in [-0.25, -0.2) is 0 Å². The van der Waals surface area contributed by atoms with E-state index in [4.69, 9.17) is 9.47 Å². The van der Waals surface area contributed by atoms with E-state index in [1.165, 1.54) is 0 Å². The molecule has 3 aliphatic rings. The number of hydrogen-bond acceptors (Lipinski definition) is 2. The molecule has 10 heavy (non-hydrogen) atoms. The van der Waals surface area contributed by atoms with Crippen molar-refractivity contribution in [2.75, 3.05) is 0 Å². The standard InChI is InChI=1S/C8H12O2/c1-7-3-6-8(2,10-6)4-5(7)9-7/h5-6H,3-4H2,1-2H3/t5-,6-,7+,8+/m1/s1. The summed E-state index contributed by atoms with van der Waals surface area (Å²) >= 11 is 0. The van der Waals surface area contributed by atoms with Crippen molar-refractivity contribution < 1.29 is 9.47 Å². The largest absolute Gasteiger partial charge is 0.366 e. The molecule has 0 amide bonds. The molecule has 0 spiro atoms. The third-order valence-electron chi connectivity index (χ3n) is 3.25. The van der Waals surface area contributed by atoms with E-state index in [0.717, 1.165) is 12.8 Å². The van der Waals surface area contributed by atoms with Gasteiger partial charge in [0, 0.05) is 12.8 Å². The molecule has 0 aromatic rings. The molecule has 0 bridgehead atoms. The van der Waals surface area contributed by atoms with Crippen LogP contribution in [0.5, 0.6) is 0 Å². The average molecular weight is 140 g/mol. The Hall–Kier alpha value is -0.0800. The van der Waals surface area contributed by atoms with E-state index in [9.17, 15) is 0 Å². The van der Waals surface area contributed by atoms with E-state index in [0.29, 0.717) is 12.2 Å². The average Bonchev–Trinajstić information content (AvgIpc) is 2.53. The van der Waals surface area contributed by atoms with Gasteiger partial charge in [-0.2, -0.15) is 0 Å². The third-order valence-corrected chi connectivity index (χ3v) is 3.25. The minimum Gasteiger partial charge on any atom is -0.366 e. The van der Waals surface area contributed by atoms with Crippen LogP contribution < -0.4 is 0 Å². The van der Waals surface area contributed by atoms with Crippen molar-refractivity contribution in [3.05, 3.63) is 0 Å². The first-order chi connectivity index (χ1) is 4.62. The molecule has 2 saturated heterocycles. The van der Waals surface area contributed by atoms with Gasteiger partial charge in [0.1, 0.15) is 0 Å². The van der Waals surface area contributed by atoms with Gasteiger partial charge in [-0.15, -0.1) is 0 Å². The van der Waals surface area contributed by atoms with Crippen LogP contribution >= 0.6 is 0 Å². The van der Waals surface area contributed by atoms with Gasteiger partial charge in [0.05, 0.1) is 23.4 Å². The van der Waals surface area contributed by atoms with E-state index in [-0.39, 0.29) is 11.2 Å². The quantitative estimate of drug-likeness (QED) is 0.471. The molecule has 0 radical (unpaired) electrons. The van der Waals surface area contributed by atoms with Crippen LogP contribution in [0.1, 0.15) is 26.7 Å². The van der Waals surface area contributed by atoms with Crippen LogP contribution in [0, 0.1) is 0 Å². The van der Waals surface area contributed by atoms with Gasteiger partial charge >= 0.3 is 0 Å². The minimum absolute atomic E-state index is 0.209. The highest BCUT2D eigenvalue weighted by Gasteiger charge is 2.69. The first kappa shape index (κ1) is 5.56. The van der Waals surface area contributed by atoms with E-state index in [1.54, 1.807) is 0 Å². The fraction of sp³-hybridized carbons (Fsp3) is 1.00. The molecule has 2 heterocycles. The number of epoxide rings is 2. The fourth-order valence-corrected chi connectivity index (χ4v) is 2.19. The molecule has 0 aromatic carbocycles. The summed E-state index contributed by atoms with van der Waals surface area (Å²) in [6.07, 6.45) is 3.26. The number of hydrogen-bond donors (Lipinski definition) is 0. The number of ether oxygens (including phenoxy) is 2. The van der Waals surface area contributed by atoms with E-state index in [1.807, 2.05) is 0 Å². The van der Waals surface area contributed by atoms with Crippen molar-refractivity contribution in [2.45, 2.75) is 50.1 Å². The summed E-state index contributed by atoms with van der Waals surface area (Å²) in [6, 6.07) is 0. The molecule has 1 saturated carbocycles. The molecule has 56 valence electrons. The first-order valence-electron chi connectivity index (χ1n) is 3.98. The molecular weight excluding hydrogens is 128 g/mol. The van der Waals surface area contributed by atoms with Crippen molar-refractivity contribution >= 4 is 0 Å². The van der Waals surface area contributed by atoms with Crippen LogP contribution in [-0.2, 0) is 9.47 Å². The summed E-state index contributed by atoms with van der Waals surface area (Å²) in [6.45, 7) is 4.39. The lowest BCUT2D eigenvalue weighted by molar-refractivity contribution is 0.237. The van der Waals surface area contributed by atoms with Gasteiger partial charge in [0.25, 0.3) is 0 Å². The second-order valence-corrected chi connectivity index (χ2v) is 4.25. The first-order valence-corrected chi connectivity index (χ1v) is 3.98. The van der Waals surface area contributed by atoms with Crippen LogP contribution in [0.2, 0.25) is 0 Å². The summed E-state index contributed by atoms with van der Waals surface area (Å²) < 4.78 is 11.1. The highest BCUT2D eigenvalue weighted by Crippen LogP contribution is 2.59. The molecule has 0 unspecified atom stereocenters. The Morgan fingerprint density at radius 3 is 1.80 bits per heavy atom. The van der Waals surface area contributed by atoms with Gasteiger partial charge in [0.2, 0.25) is 0 Å². The molecule has 2 nitrogen and oxygen atoms in total. The Bertz CT molecular complexity index is 181. The highest BCUT2D eigenvalue weighted by molar-refractivity contribution is 5.17. The fourth-order valence-electron chi connectivity index (χ4n) is 2.19. The molecule has 0 aromatic heterocycles. The van der Waals surface area contributed by atoms with Gasteiger partial charge in [0.15, 0.2) is 0 Å². The zero-order valence-electron chi connectivity index (χ0n) is 6.39. The maximum Gasteiger partial charge on any atom is 0.0947 e. The third kappa shape index (κ3) is 0.487. The maximum atomic E-state index is 5.55. The van der Waals surface area contributed by atoms with Crippen molar-refractivity contribution in [1.29, 1.82) is 0 Å². The normalized spacial score (nSPS) is 70.2. The van der Waals surface area contributed by atoms with Crippen LogP contribution in [0.25, 0.3) is 0 Å². The SMILES string of the molecule is C[C@]12C[C@H]3O[C@@]3(C)C[C@H]1O2. The Balaban J connectivity index is 1.88. The molecule has 2 heteroatoms. The molecule has 3 rings (SSSR count). The van der Waals surface area contributed by atoms with Crippen molar-refractivity contribution in [3.8, 4) is 0 Å². The van der Waals surface area contributed by atoms with Crippen LogP contribution in [0.4, 0.5) is 0 Å². The lowest BCUT2D eigenvalue weighted by Crippen LogP contribution is -2.26.